The van der Waals surface area contributed by atoms with E-state index in [9.17, 15) is 9.90 Å². The molecule has 28 heavy (non-hydrogen) atoms. The Hall–Kier alpha value is -2.43. The Morgan fingerprint density at radius 1 is 0.929 bits per heavy atom. The highest BCUT2D eigenvalue weighted by molar-refractivity contribution is 9.10. The van der Waals surface area contributed by atoms with Crippen LogP contribution in [0.5, 0.6) is 0 Å². The van der Waals surface area contributed by atoms with Crippen molar-refractivity contribution >= 4 is 21.9 Å². The van der Waals surface area contributed by atoms with Crippen LogP contribution in [0.15, 0.2) is 89.4 Å². The molecule has 3 aromatic carbocycles. The summed E-state index contributed by atoms with van der Waals surface area (Å²) in [6, 6.07) is 28.2. The Morgan fingerprint density at radius 3 is 2.14 bits per heavy atom. The number of rotatable bonds is 8. The number of carboxylic acids is 1. The van der Waals surface area contributed by atoms with E-state index in [1.165, 1.54) is 5.56 Å². The molecule has 0 saturated heterocycles. The molecule has 0 bridgehead atoms. The quantitative estimate of drug-likeness (QED) is 0.453. The van der Waals surface area contributed by atoms with Crippen LogP contribution in [0.3, 0.4) is 0 Å². The van der Waals surface area contributed by atoms with E-state index in [1.807, 2.05) is 60.7 Å². The van der Waals surface area contributed by atoms with Crippen LogP contribution in [-0.4, -0.2) is 16.0 Å². The zero-order valence-corrected chi connectivity index (χ0v) is 17.4. The lowest BCUT2D eigenvalue weighted by atomic mass is 9.96. The summed E-state index contributed by atoms with van der Waals surface area (Å²) in [5, 5.41) is 9.64. The van der Waals surface area contributed by atoms with E-state index >= 15 is 0 Å². The molecule has 0 saturated carbocycles. The van der Waals surface area contributed by atoms with Crippen LogP contribution >= 0.6 is 15.9 Å². The van der Waals surface area contributed by atoms with Crippen LogP contribution in [0.1, 0.15) is 42.1 Å². The van der Waals surface area contributed by atoms with Gasteiger partial charge in [0.05, 0.1) is 6.42 Å². The van der Waals surface area contributed by atoms with E-state index in [0.717, 1.165) is 15.6 Å². The predicted molar refractivity (Wildman–Crippen MR) is 116 cm³/mol. The summed E-state index contributed by atoms with van der Waals surface area (Å²) in [5.74, 6) is -0.803. The van der Waals surface area contributed by atoms with E-state index < -0.39 is 5.97 Å². The molecular formula is C24H24BrNO2. The van der Waals surface area contributed by atoms with Gasteiger partial charge in [0.2, 0.25) is 0 Å². The number of nitrogens with zero attached hydrogens (tertiary/aromatic N) is 1. The van der Waals surface area contributed by atoms with Crippen LogP contribution in [0.25, 0.3) is 0 Å². The minimum Gasteiger partial charge on any atom is -0.481 e. The monoisotopic (exact) mass is 437 g/mol. The Morgan fingerprint density at radius 2 is 1.54 bits per heavy atom. The van der Waals surface area contributed by atoms with Gasteiger partial charge in [0.1, 0.15) is 0 Å². The fourth-order valence-corrected chi connectivity index (χ4v) is 3.96. The SMILES string of the molecule is C[C@H](c1ccccc1)N(Cc1ccccc1)[C@@H](CC(=O)O)c1cccc(Br)c1. The summed E-state index contributed by atoms with van der Waals surface area (Å²) >= 11 is 3.53. The normalized spacial score (nSPS) is 13.2. The van der Waals surface area contributed by atoms with Crippen molar-refractivity contribution in [1.82, 2.24) is 4.90 Å². The molecule has 0 aliphatic carbocycles. The summed E-state index contributed by atoms with van der Waals surface area (Å²) in [6.07, 6.45) is 0.0421. The predicted octanol–water partition coefficient (Wildman–Crippen LogP) is 6.23. The molecule has 0 fully saturated rings. The maximum Gasteiger partial charge on any atom is 0.305 e. The van der Waals surface area contributed by atoms with E-state index in [4.69, 9.17) is 0 Å². The lowest BCUT2D eigenvalue weighted by Gasteiger charge is -2.37. The third-order valence-corrected chi connectivity index (χ3v) is 5.48. The summed E-state index contributed by atoms with van der Waals surface area (Å²) < 4.78 is 0.951. The average Bonchev–Trinajstić information content (AvgIpc) is 2.71. The zero-order valence-electron chi connectivity index (χ0n) is 15.8. The summed E-state index contributed by atoms with van der Waals surface area (Å²) in [4.78, 5) is 14.0. The maximum absolute atomic E-state index is 11.7. The Bertz CT molecular complexity index is 899. The smallest absolute Gasteiger partial charge is 0.305 e. The van der Waals surface area contributed by atoms with Gasteiger partial charge in [-0.1, -0.05) is 88.7 Å². The second-order valence-corrected chi connectivity index (χ2v) is 7.83. The summed E-state index contributed by atoms with van der Waals surface area (Å²) in [6.45, 7) is 2.81. The van der Waals surface area contributed by atoms with Crippen molar-refractivity contribution in [3.63, 3.8) is 0 Å². The topological polar surface area (TPSA) is 40.5 Å². The van der Waals surface area contributed by atoms with Gasteiger partial charge in [-0.3, -0.25) is 9.69 Å². The number of hydrogen-bond acceptors (Lipinski definition) is 2. The Labute approximate surface area is 174 Å². The highest BCUT2D eigenvalue weighted by Crippen LogP contribution is 2.35. The van der Waals surface area contributed by atoms with Crippen molar-refractivity contribution in [2.45, 2.75) is 32.0 Å². The molecule has 3 rings (SSSR count). The van der Waals surface area contributed by atoms with E-state index in [-0.39, 0.29) is 18.5 Å². The second-order valence-electron chi connectivity index (χ2n) is 6.91. The standard InChI is InChI=1S/C24H24BrNO2/c1-18(20-11-6-3-7-12-20)26(17-19-9-4-2-5-10-19)23(16-24(27)28)21-13-8-14-22(25)15-21/h2-15,18,23H,16-17H2,1H3,(H,27,28)/t18-,23+/m1/s1. The van der Waals surface area contributed by atoms with Gasteiger partial charge in [0.25, 0.3) is 0 Å². The van der Waals surface area contributed by atoms with E-state index in [0.29, 0.717) is 6.54 Å². The molecule has 0 aliphatic heterocycles. The number of halogens is 1. The molecule has 0 heterocycles. The highest BCUT2D eigenvalue weighted by atomic mass is 79.9. The average molecular weight is 438 g/mol. The first kappa shape index (κ1) is 20.3. The van der Waals surface area contributed by atoms with Crippen LogP contribution in [0.4, 0.5) is 0 Å². The molecule has 0 unspecified atom stereocenters. The third-order valence-electron chi connectivity index (χ3n) is 4.99. The van der Waals surface area contributed by atoms with Gasteiger partial charge in [0.15, 0.2) is 0 Å². The number of carbonyl (C=O) groups is 1. The number of aliphatic carboxylic acids is 1. The number of benzene rings is 3. The maximum atomic E-state index is 11.7. The zero-order chi connectivity index (χ0) is 19.9. The number of hydrogen-bond donors (Lipinski definition) is 1. The summed E-state index contributed by atoms with van der Waals surface area (Å²) in [5.41, 5.74) is 3.33. The van der Waals surface area contributed by atoms with Gasteiger partial charge in [-0.05, 0) is 35.7 Å². The van der Waals surface area contributed by atoms with E-state index in [2.05, 4.69) is 52.0 Å². The first-order valence-corrected chi connectivity index (χ1v) is 10.2. The molecule has 0 aromatic heterocycles. The van der Waals surface area contributed by atoms with Crippen molar-refractivity contribution in [3.05, 3.63) is 106 Å². The third kappa shape index (κ3) is 5.31. The molecule has 0 aliphatic rings. The molecule has 2 atom stereocenters. The Balaban J connectivity index is 2.03. The molecule has 0 radical (unpaired) electrons. The van der Waals surface area contributed by atoms with Crippen molar-refractivity contribution in [2.24, 2.45) is 0 Å². The first-order valence-electron chi connectivity index (χ1n) is 9.36. The van der Waals surface area contributed by atoms with Gasteiger partial charge in [0, 0.05) is 23.1 Å². The lowest BCUT2D eigenvalue weighted by molar-refractivity contribution is -0.138. The molecule has 4 heteroatoms. The largest absolute Gasteiger partial charge is 0.481 e. The van der Waals surface area contributed by atoms with Crippen LogP contribution < -0.4 is 0 Å². The fourth-order valence-electron chi connectivity index (χ4n) is 3.54. The first-order chi connectivity index (χ1) is 13.5. The molecule has 144 valence electrons. The van der Waals surface area contributed by atoms with Crippen molar-refractivity contribution in [2.75, 3.05) is 0 Å². The van der Waals surface area contributed by atoms with Crippen LogP contribution in [-0.2, 0) is 11.3 Å². The van der Waals surface area contributed by atoms with Gasteiger partial charge in [-0.15, -0.1) is 0 Å². The van der Waals surface area contributed by atoms with Gasteiger partial charge >= 0.3 is 5.97 Å². The molecule has 0 amide bonds. The van der Waals surface area contributed by atoms with Crippen LogP contribution in [0, 0.1) is 0 Å². The second kappa shape index (κ2) is 9.67. The Kier molecular flexibility index (Phi) is 7.01. The van der Waals surface area contributed by atoms with Crippen molar-refractivity contribution < 1.29 is 9.90 Å². The highest BCUT2D eigenvalue weighted by Gasteiger charge is 2.28. The molecule has 1 N–H and O–H groups in total. The minimum absolute atomic E-state index is 0.0421. The van der Waals surface area contributed by atoms with Gasteiger partial charge < -0.3 is 5.11 Å². The number of carboxylic acid groups (broad SMARTS) is 1. The molecule has 3 aromatic rings. The van der Waals surface area contributed by atoms with Gasteiger partial charge in [-0.2, -0.15) is 0 Å². The molecular weight excluding hydrogens is 414 g/mol. The van der Waals surface area contributed by atoms with Crippen molar-refractivity contribution in [1.29, 1.82) is 0 Å². The molecule has 0 spiro atoms. The van der Waals surface area contributed by atoms with Crippen molar-refractivity contribution in [3.8, 4) is 0 Å². The van der Waals surface area contributed by atoms with Crippen LogP contribution in [0.2, 0.25) is 0 Å². The minimum atomic E-state index is -0.803. The summed E-state index contributed by atoms with van der Waals surface area (Å²) in [7, 11) is 0. The van der Waals surface area contributed by atoms with E-state index in [1.54, 1.807) is 0 Å². The molecule has 3 nitrogen and oxygen atoms in total. The lowest BCUT2D eigenvalue weighted by Crippen LogP contribution is -2.32. The fraction of sp³-hybridized carbons (Fsp3) is 0.208. The van der Waals surface area contributed by atoms with Gasteiger partial charge in [-0.25, -0.2) is 0 Å².